The number of carbonyl (C=O) groups excluding carboxylic acids is 2. The number of likely N-dealkylation sites (N-methyl/N-ethyl adjacent to an activating group) is 1. The molecule has 2 aromatic rings. The minimum Gasteiger partial charge on any atom is -0.347 e. The Kier molecular flexibility index (Phi) is 5.66. The Labute approximate surface area is 153 Å². The van der Waals surface area contributed by atoms with Gasteiger partial charge >= 0.3 is 12.4 Å². The summed E-state index contributed by atoms with van der Waals surface area (Å²) in [5.74, 6) is -1.46. The summed E-state index contributed by atoms with van der Waals surface area (Å²) >= 11 is 0. The Morgan fingerprint density at radius 1 is 1.04 bits per heavy atom. The SMILES string of the molecule is CN(C)C(=O)Cn1cc(C(=O)Nc2cc(C(F)(F)F)cc(C(F)(F)F)c2)nn1. The summed E-state index contributed by atoms with van der Waals surface area (Å²) in [5, 5.41) is 8.89. The van der Waals surface area contributed by atoms with Crippen molar-refractivity contribution in [1.82, 2.24) is 19.9 Å². The fraction of sp³-hybridized carbons (Fsp3) is 0.333. The second-order valence-corrected chi connectivity index (χ2v) is 5.84. The highest BCUT2D eigenvalue weighted by atomic mass is 19.4. The maximum Gasteiger partial charge on any atom is 0.416 e. The van der Waals surface area contributed by atoms with Crippen molar-refractivity contribution in [3.8, 4) is 0 Å². The van der Waals surface area contributed by atoms with Gasteiger partial charge in [0.15, 0.2) is 5.69 Å². The van der Waals surface area contributed by atoms with Crippen molar-refractivity contribution in [2.75, 3.05) is 19.4 Å². The number of nitrogens with zero attached hydrogens (tertiary/aromatic N) is 4. The third-order valence-corrected chi connectivity index (χ3v) is 3.41. The molecule has 152 valence electrons. The van der Waals surface area contributed by atoms with Crippen LogP contribution < -0.4 is 5.32 Å². The Bertz CT molecular complexity index is 856. The molecule has 0 aliphatic carbocycles. The van der Waals surface area contributed by atoms with E-state index in [0.717, 1.165) is 10.9 Å². The van der Waals surface area contributed by atoms with Crippen molar-refractivity contribution >= 4 is 17.5 Å². The van der Waals surface area contributed by atoms with Gasteiger partial charge in [0.05, 0.1) is 17.3 Å². The molecule has 0 saturated heterocycles. The summed E-state index contributed by atoms with van der Waals surface area (Å²) in [4.78, 5) is 24.9. The standard InChI is InChI=1S/C15H13F6N5O2/c1-25(2)12(27)7-26-6-11(23-24-26)13(28)22-10-4-8(14(16,17)18)3-9(5-10)15(19,20)21/h3-6H,7H2,1-2H3,(H,22,28). The first kappa shape index (κ1) is 21.2. The van der Waals surface area contributed by atoms with E-state index in [1.165, 1.54) is 19.0 Å². The van der Waals surface area contributed by atoms with Gasteiger partial charge in [-0.15, -0.1) is 5.10 Å². The number of benzene rings is 1. The number of rotatable bonds is 4. The molecule has 1 aromatic heterocycles. The molecule has 0 saturated carbocycles. The van der Waals surface area contributed by atoms with Gasteiger partial charge in [-0.1, -0.05) is 5.21 Å². The van der Waals surface area contributed by atoms with Gasteiger partial charge in [0, 0.05) is 19.8 Å². The van der Waals surface area contributed by atoms with Gasteiger partial charge in [-0.05, 0) is 18.2 Å². The van der Waals surface area contributed by atoms with Gasteiger partial charge in [-0.2, -0.15) is 26.3 Å². The van der Waals surface area contributed by atoms with E-state index in [9.17, 15) is 35.9 Å². The second kappa shape index (κ2) is 7.48. The molecule has 0 aliphatic rings. The van der Waals surface area contributed by atoms with Gasteiger partial charge in [-0.25, -0.2) is 4.68 Å². The number of amides is 2. The lowest BCUT2D eigenvalue weighted by atomic mass is 10.1. The third kappa shape index (κ3) is 5.20. The van der Waals surface area contributed by atoms with Crippen LogP contribution in [-0.4, -0.2) is 45.8 Å². The quantitative estimate of drug-likeness (QED) is 0.788. The lowest BCUT2D eigenvalue weighted by Crippen LogP contribution is -2.26. The van der Waals surface area contributed by atoms with Crippen molar-refractivity contribution in [2.24, 2.45) is 0 Å². The first-order valence-electron chi connectivity index (χ1n) is 7.48. The zero-order valence-corrected chi connectivity index (χ0v) is 14.4. The highest BCUT2D eigenvalue weighted by Gasteiger charge is 2.37. The second-order valence-electron chi connectivity index (χ2n) is 5.84. The van der Waals surface area contributed by atoms with Crippen molar-refractivity contribution in [3.63, 3.8) is 0 Å². The minimum atomic E-state index is -5.05. The molecule has 2 amide bonds. The van der Waals surface area contributed by atoms with Crippen LogP contribution in [0.25, 0.3) is 0 Å². The largest absolute Gasteiger partial charge is 0.416 e. The van der Waals surface area contributed by atoms with E-state index in [-0.39, 0.29) is 18.5 Å². The molecule has 0 bridgehead atoms. The van der Waals surface area contributed by atoms with Crippen molar-refractivity contribution in [3.05, 3.63) is 41.2 Å². The average molecular weight is 409 g/mol. The molecule has 1 heterocycles. The highest BCUT2D eigenvalue weighted by molar-refractivity contribution is 6.02. The smallest absolute Gasteiger partial charge is 0.347 e. The summed E-state index contributed by atoms with van der Waals surface area (Å²) in [5.41, 5.74) is -4.25. The van der Waals surface area contributed by atoms with Crippen LogP contribution in [0.3, 0.4) is 0 Å². The molecular weight excluding hydrogens is 396 g/mol. The Morgan fingerprint density at radius 3 is 2.04 bits per heavy atom. The maximum atomic E-state index is 12.8. The molecule has 0 radical (unpaired) electrons. The van der Waals surface area contributed by atoms with Gasteiger partial charge in [0.2, 0.25) is 5.91 Å². The molecule has 2 rings (SSSR count). The molecule has 28 heavy (non-hydrogen) atoms. The van der Waals surface area contributed by atoms with Crippen LogP contribution in [0.5, 0.6) is 0 Å². The molecule has 0 unspecified atom stereocenters. The average Bonchev–Trinajstić information content (AvgIpc) is 3.01. The fourth-order valence-corrected chi connectivity index (χ4v) is 1.98. The molecule has 0 spiro atoms. The van der Waals surface area contributed by atoms with E-state index >= 15 is 0 Å². The van der Waals surface area contributed by atoms with E-state index in [0.29, 0.717) is 12.1 Å². The highest BCUT2D eigenvalue weighted by Crippen LogP contribution is 2.37. The van der Waals surface area contributed by atoms with Crippen molar-refractivity contribution < 1.29 is 35.9 Å². The first-order valence-corrected chi connectivity index (χ1v) is 7.48. The van der Waals surface area contributed by atoms with Crippen LogP contribution >= 0.6 is 0 Å². The molecule has 13 heteroatoms. The summed E-state index contributed by atoms with van der Waals surface area (Å²) in [6, 6.07) is 0.680. The molecule has 1 aromatic carbocycles. The molecule has 7 nitrogen and oxygen atoms in total. The number of hydrogen-bond acceptors (Lipinski definition) is 4. The number of halogens is 6. The molecule has 0 aliphatic heterocycles. The van der Waals surface area contributed by atoms with Gasteiger partial charge in [0.1, 0.15) is 6.54 Å². The van der Waals surface area contributed by atoms with E-state index < -0.39 is 40.8 Å². The van der Waals surface area contributed by atoms with Crippen LogP contribution in [-0.2, 0) is 23.7 Å². The Balaban J connectivity index is 2.26. The van der Waals surface area contributed by atoms with E-state index in [1.54, 1.807) is 0 Å². The molecule has 0 fully saturated rings. The predicted octanol–water partition coefficient (Wildman–Crippen LogP) is 2.66. The fourth-order valence-electron chi connectivity index (χ4n) is 1.98. The number of anilines is 1. The zero-order chi connectivity index (χ0) is 21.3. The minimum absolute atomic E-state index is 0.0568. The van der Waals surface area contributed by atoms with Gasteiger partial charge in [0.25, 0.3) is 5.91 Å². The molecular formula is C15H13F6N5O2. The summed E-state index contributed by atoms with van der Waals surface area (Å²) in [7, 11) is 2.97. The van der Waals surface area contributed by atoms with E-state index in [4.69, 9.17) is 0 Å². The van der Waals surface area contributed by atoms with Crippen LogP contribution in [0.1, 0.15) is 21.6 Å². The number of alkyl halides is 6. The van der Waals surface area contributed by atoms with Crippen LogP contribution in [0, 0.1) is 0 Å². The van der Waals surface area contributed by atoms with Gasteiger partial charge < -0.3 is 10.2 Å². The lowest BCUT2D eigenvalue weighted by Gasteiger charge is -2.14. The van der Waals surface area contributed by atoms with Crippen LogP contribution in [0.15, 0.2) is 24.4 Å². The number of aromatic nitrogens is 3. The van der Waals surface area contributed by atoms with Crippen molar-refractivity contribution in [2.45, 2.75) is 18.9 Å². The van der Waals surface area contributed by atoms with E-state index in [1.807, 2.05) is 5.32 Å². The Hall–Kier alpha value is -3.12. The first-order chi connectivity index (χ1) is 12.8. The third-order valence-electron chi connectivity index (χ3n) is 3.41. The van der Waals surface area contributed by atoms with Crippen LogP contribution in [0.2, 0.25) is 0 Å². The van der Waals surface area contributed by atoms with Crippen molar-refractivity contribution in [1.29, 1.82) is 0 Å². The monoisotopic (exact) mass is 409 g/mol. The summed E-state index contributed by atoms with van der Waals surface area (Å²) < 4.78 is 78.1. The summed E-state index contributed by atoms with van der Waals surface area (Å²) in [6.07, 6.45) is -9.05. The summed E-state index contributed by atoms with van der Waals surface area (Å²) in [6.45, 7) is -0.255. The maximum absolute atomic E-state index is 12.8. The number of nitrogens with one attached hydrogen (secondary N) is 1. The number of hydrogen-bond donors (Lipinski definition) is 1. The Morgan fingerprint density at radius 2 is 1.57 bits per heavy atom. The van der Waals surface area contributed by atoms with Gasteiger partial charge in [-0.3, -0.25) is 9.59 Å². The molecule has 1 N–H and O–H groups in total. The van der Waals surface area contributed by atoms with E-state index in [2.05, 4.69) is 10.3 Å². The molecule has 0 atom stereocenters. The number of carbonyl (C=O) groups is 2. The topological polar surface area (TPSA) is 80.1 Å². The normalized spacial score (nSPS) is 12.0. The predicted molar refractivity (Wildman–Crippen MR) is 83.1 cm³/mol. The lowest BCUT2D eigenvalue weighted by molar-refractivity contribution is -0.143. The van der Waals surface area contributed by atoms with Crippen LogP contribution in [0.4, 0.5) is 32.0 Å². The zero-order valence-electron chi connectivity index (χ0n) is 14.4.